The van der Waals surface area contributed by atoms with Crippen molar-refractivity contribution in [1.29, 1.82) is 5.26 Å². The molecule has 1 N–H and O–H groups in total. The Morgan fingerprint density at radius 3 is 2.62 bits per heavy atom. The minimum absolute atomic E-state index is 0.0292. The molecule has 6 rings (SSSR count). The lowest BCUT2D eigenvalue weighted by atomic mass is 9.80. The molecule has 5 aliphatic rings. The van der Waals surface area contributed by atoms with Gasteiger partial charge in [0.25, 0.3) is 0 Å². The van der Waals surface area contributed by atoms with E-state index < -0.39 is 11.1 Å². The number of carbonyl (C=O) groups is 1. The van der Waals surface area contributed by atoms with Crippen molar-refractivity contribution >= 4 is 28.2 Å². The number of β-amino-alcohol motifs (C(OH)–C–C–N with tert-alkyl or cyclic N) is 1. The van der Waals surface area contributed by atoms with Gasteiger partial charge in [-0.15, -0.1) is 0 Å². The van der Waals surface area contributed by atoms with Crippen LogP contribution in [-0.4, -0.2) is 112 Å². The molecular weight excluding hydrogens is 591 g/mol. The summed E-state index contributed by atoms with van der Waals surface area (Å²) in [6.45, 7) is 13.6. The SMILES string of the molecule is CCC1N=C2C(C)=CC(N3CCN(CCC(=O)N4CC(O)C4)CC3)=CN2C1(C)N(C)c1nc(C2(C)C=CC(F)=CC2)c(C#N)s1. The molecule has 10 nitrogen and oxygen atoms in total. The number of piperazine rings is 1. The molecule has 2 saturated heterocycles. The fraction of sp³-hybridized carbons (Fsp3) is 0.576. The summed E-state index contributed by atoms with van der Waals surface area (Å²) in [5.41, 5.74) is 1.82. The molecule has 3 atom stereocenters. The molecule has 5 heterocycles. The average Bonchev–Trinajstić information content (AvgIpc) is 3.60. The standard InChI is InChI=1S/C33H43FN8O2S/c1-6-27-33(4,38(5)31-37-29(26(18-35)45-31)32(3)10-7-23(34)8-11-32)42-19-24(17-22(2)30(42)36-27)40-15-13-39(14-16-40)12-9-28(44)41-20-25(43)21-41/h7-8,10,17,19,25,27,43H,6,9,11-16,20-21H2,1-5H3. The van der Waals surface area contributed by atoms with Gasteiger partial charge in [-0.1, -0.05) is 31.3 Å². The van der Waals surface area contributed by atoms with Crippen LogP contribution in [0.4, 0.5) is 9.52 Å². The second-order valence-corrected chi connectivity index (χ2v) is 14.1. The van der Waals surface area contributed by atoms with Gasteiger partial charge < -0.3 is 24.7 Å². The second kappa shape index (κ2) is 12.0. The molecule has 1 amide bonds. The number of fused-ring (bicyclic) bond motifs is 1. The number of anilines is 1. The Hall–Kier alpha value is -3.53. The third-order valence-electron chi connectivity index (χ3n) is 10.1. The van der Waals surface area contributed by atoms with Crippen LogP contribution < -0.4 is 4.90 Å². The quantitative estimate of drug-likeness (QED) is 0.462. The van der Waals surface area contributed by atoms with E-state index in [1.165, 1.54) is 17.4 Å². The number of amides is 1. The lowest BCUT2D eigenvalue weighted by Gasteiger charge is -2.47. The third kappa shape index (κ3) is 5.59. The number of aliphatic imine (C=N–C) groups is 1. The summed E-state index contributed by atoms with van der Waals surface area (Å²) in [6.07, 6.45) is 10.7. The summed E-state index contributed by atoms with van der Waals surface area (Å²) in [6, 6.07) is 2.32. The Morgan fingerprint density at radius 1 is 1.27 bits per heavy atom. The van der Waals surface area contributed by atoms with Gasteiger partial charge in [-0.05, 0) is 50.5 Å². The molecule has 1 aliphatic carbocycles. The number of carbonyl (C=O) groups excluding carboxylic acids is 1. The van der Waals surface area contributed by atoms with E-state index in [4.69, 9.17) is 9.98 Å². The first-order valence-corrected chi connectivity index (χ1v) is 16.7. The maximum Gasteiger partial charge on any atom is 0.224 e. The zero-order valence-electron chi connectivity index (χ0n) is 26.8. The number of likely N-dealkylation sites (N-methyl/N-ethyl adjacent to an activating group) is 1. The molecule has 0 bridgehead atoms. The minimum atomic E-state index is -0.561. The molecule has 4 aliphatic heterocycles. The second-order valence-electron chi connectivity index (χ2n) is 13.1. The van der Waals surface area contributed by atoms with Crippen LogP contribution in [0.3, 0.4) is 0 Å². The van der Waals surface area contributed by atoms with Gasteiger partial charge in [0.2, 0.25) is 5.91 Å². The number of hydrogen-bond acceptors (Lipinski definition) is 10. The first-order chi connectivity index (χ1) is 21.5. The van der Waals surface area contributed by atoms with Gasteiger partial charge in [0.05, 0.1) is 23.5 Å². The highest BCUT2D eigenvalue weighted by atomic mass is 32.1. The van der Waals surface area contributed by atoms with Gasteiger partial charge in [-0.25, -0.2) is 9.37 Å². The Balaban J connectivity index is 1.20. The fourth-order valence-corrected chi connectivity index (χ4v) is 8.04. The molecule has 0 radical (unpaired) electrons. The number of allylic oxidation sites excluding steroid dienone is 5. The molecule has 0 aromatic carbocycles. The van der Waals surface area contributed by atoms with Gasteiger partial charge in [0, 0.05) is 70.9 Å². The average molecular weight is 635 g/mol. The van der Waals surface area contributed by atoms with Gasteiger partial charge in [-0.2, -0.15) is 5.26 Å². The summed E-state index contributed by atoms with van der Waals surface area (Å²) in [4.78, 5) is 34.1. The Labute approximate surface area is 269 Å². The zero-order chi connectivity index (χ0) is 32.1. The van der Waals surface area contributed by atoms with Crippen LogP contribution in [0.15, 0.2) is 52.6 Å². The van der Waals surface area contributed by atoms with E-state index in [2.05, 4.69) is 58.7 Å². The van der Waals surface area contributed by atoms with Crippen molar-refractivity contribution in [2.24, 2.45) is 4.99 Å². The number of aromatic nitrogens is 1. The number of likely N-dealkylation sites (tertiary alicyclic amines) is 1. The van der Waals surface area contributed by atoms with E-state index in [1.807, 2.05) is 20.0 Å². The predicted octanol–water partition coefficient (Wildman–Crippen LogP) is 3.74. The topological polar surface area (TPSA) is 103 Å². The predicted molar refractivity (Wildman–Crippen MR) is 174 cm³/mol. The van der Waals surface area contributed by atoms with Gasteiger partial charge in [0.15, 0.2) is 5.13 Å². The highest BCUT2D eigenvalue weighted by Crippen LogP contribution is 2.44. The Morgan fingerprint density at radius 2 is 2.00 bits per heavy atom. The smallest absolute Gasteiger partial charge is 0.224 e. The lowest BCUT2D eigenvalue weighted by Crippen LogP contribution is -2.60. The summed E-state index contributed by atoms with van der Waals surface area (Å²) in [5.74, 6) is 0.812. The van der Waals surface area contributed by atoms with E-state index in [1.54, 1.807) is 11.0 Å². The molecule has 45 heavy (non-hydrogen) atoms. The molecule has 1 aromatic rings. The number of hydrogen-bond donors (Lipinski definition) is 1. The van der Waals surface area contributed by atoms with Crippen LogP contribution in [0.5, 0.6) is 0 Å². The Bertz CT molecular complexity index is 1540. The van der Waals surface area contributed by atoms with Crippen molar-refractivity contribution in [3.63, 3.8) is 0 Å². The maximum atomic E-state index is 13.8. The molecular formula is C33H43FN8O2S. The molecule has 2 fully saturated rings. The van der Waals surface area contributed by atoms with E-state index in [0.717, 1.165) is 61.4 Å². The molecule has 1 aromatic heterocycles. The van der Waals surface area contributed by atoms with Gasteiger partial charge >= 0.3 is 0 Å². The summed E-state index contributed by atoms with van der Waals surface area (Å²) in [5, 5.41) is 20.3. The number of halogens is 1. The number of thiazole rings is 1. The molecule has 0 saturated carbocycles. The van der Waals surface area contributed by atoms with Crippen LogP contribution in [-0.2, 0) is 10.2 Å². The van der Waals surface area contributed by atoms with Gasteiger partial charge in [0.1, 0.15) is 28.3 Å². The van der Waals surface area contributed by atoms with Crippen molar-refractivity contribution in [3.8, 4) is 6.07 Å². The molecule has 240 valence electrons. The zero-order valence-corrected chi connectivity index (χ0v) is 27.6. The van der Waals surface area contributed by atoms with E-state index in [0.29, 0.717) is 36.5 Å². The first-order valence-electron chi connectivity index (χ1n) is 15.9. The third-order valence-corrected chi connectivity index (χ3v) is 11.2. The maximum absolute atomic E-state index is 13.8. The largest absolute Gasteiger partial charge is 0.389 e. The highest BCUT2D eigenvalue weighted by molar-refractivity contribution is 7.16. The van der Waals surface area contributed by atoms with E-state index >= 15 is 0 Å². The van der Waals surface area contributed by atoms with Crippen molar-refractivity contribution in [2.75, 3.05) is 57.8 Å². The molecule has 0 spiro atoms. The summed E-state index contributed by atoms with van der Waals surface area (Å²) < 4.78 is 13.8. The number of nitriles is 1. The van der Waals surface area contributed by atoms with Crippen LogP contribution in [0.2, 0.25) is 0 Å². The van der Waals surface area contributed by atoms with Crippen molar-refractivity contribution in [1.82, 2.24) is 24.6 Å². The number of rotatable bonds is 8. The van der Waals surface area contributed by atoms with Crippen LogP contribution >= 0.6 is 11.3 Å². The monoisotopic (exact) mass is 634 g/mol. The van der Waals surface area contributed by atoms with Crippen molar-refractivity contribution in [3.05, 3.63) is 58.2 Å². The lowest BCUT2D eigenvalue weighted by molar-refractivity contribution is -0.141. The Kier molecular flexibility index (Phi) is 8.39. The summed E-state index contributed by atoms with van der Waals surface area (Å²) >= 11 is 1.38. The van der Waals surface area contributed by atoms with E-state index in [9.17, 15) is 19.6 Å². The van der Waals surface area contributed by atoms with E-state index in [-0.39, 0.29) is 23.9 Å². The molecule has 12 heteroatoms. The van der Waals surface area contributed by atoms with Crippen LogP contribution in [0.1, 0.15) is 57.5 Å². The highest BCUT2D eigenvalue weighted by Gasteiger charge is 2.51. The summed E-state index contributed by atoms with van der Waals surface area (Å²) in [7, 11) is 2.03. The van der Waals surface area contributed by atoms with Gasteiger partial charge in [-0.3, -0.25) is 14.7 Å². The van der Waals surface area contributed by atoms with Crippen molar-refractivity contribution in [2.45, 2.75) is 70.2 Å². The first kappa shape index (κ1) is 31.5. The number of aliphatic hydroxyl groups is 1. The number of amidine groups is 1. The minimum Gasteiger partial charge on any atom is -0.389 e. The van der Waals surface area contributed by atoms with Crippen LogP contribution in [0, 0.1) is 11.3 Å². The fourth-order valence-electron chi connectivity index (χ4n) is 6.98. The number of aliphatic hydroxyl groups excluding tert-OH is 1. The molecule has 3 unspecified atom stereocenters. The normalized spacial score (nSPS) is 28.6. The van der Waals surface area contributed by atoms with Crippen molar-refractivity contribution < 1.29 is 14.3 Å². The van der Waals surface area contributed by atoms with Crippen LogP contribution in [0.25, 0.3) is 0 Å². The number of nitrogens with zero attached hydrogens (tertiary/aromatic N) is 8.